The van der Waals surface area contributed by atoms with Crippen molar-refractivity contribution in [2.45, 2.75) is 46.8 Å². The number of nitrogens with two attached hydrogens (primary N) is 1. The van der Waals surface area contributed by atoms with Crippen molar-refractivity contribution >= 4 is 0 Å². The fourth-order valence-electron chi connectivity index (χ4n) is 1.76. The second-order valence-corrected chi connectivity index (χ2v) is 4.30. The summed E-state index contributed by atoms with van der Waals surface area (Å²) >= 11 is 0. The lowest BCUT2D eigenvalue weighted by atomic mass is 9.78. The summed E-state index contributed by atoms with van der Waals surface area (Å²) in [6.07, 6.45) is 0.933. The molecular weight excluding hydrogens is 150 g/mol. The highest BCUT2D eigenvalue weighted by molar-refractivity contribution is 4.84. The van der Waals surface area contributed by atoms with Gasteiger partial charge in [0.05, 0.1) is 0 Å². The van der Waals surface area contributed by atoms with Crippen LogP contribution < -0.4 is 5.73 Å². The molecule has 12 heavy (non-hydrogen) atoms. The molecule has 0 fully saturated rings. The highest BCUT2D eigenvalue weighted by Gasteiger charge is 2.36. The first-order chi connectivity index (χ1) is 5.34. The predicted octanol–water partition coefficient (Wildman–Crippen LogP) is 1.97. The molecule has 0 saturated heterocycles. The highest BCUT2D eigenvalue weighted by atomic mass is 16.3. The van der Waals surface area contributed by atoms with Crippen LogP contribution in [0.1, 0.15) is 41.0 Å². The molecule has 74 valence electrons. The van der Waals surface area contributed by atoms with Gasteiger partial charge < -0.3 is 10.8 Å². The van der Waals surface area contributed by atoms with Crippen LogP contribution in [0.2, 0.25) is 0 Å². The van der Waals surface area contributed by atoms with Crippen molar-refractivity contribution in [1.29, 1.82) is 0 Å². The van der Waals surface area contributed by atoms with Gasteiger partial charge in [-0.15, -0.1) is 0 Å². The molecule has 0 aromatic carbocycles. The molecule has 0 aromatic rings. The van der Waals surface area contributed by atoms with E-state index in [1.54, 1.807) is 0 Å². The van der Waals surface area contributed by atoms with Crippen LogP contribution in [0.3, 0.4) is 0 Å². The SMILES string of the molecule is CCC(C(C)C)C(N)(O)C(C)C. The smallest absolute Gasteiger partial charge is 0.118 e. The summed E-state index contributed by atoms with van der Waals surface area (Å²) in [7, 11) is 0. The Morgan fingerprint density at radius 3 is 1.75 bits per heavy atom. The van der Waals surface area contributed by atoms with E-state index < -0.39 is 5.72 Å². The van der Waals surface area contributed by atoms with Gasteiger partial charge in [0, 0.05) is 5.92 Å². The standard InChI is InChI=1S/C10H23NO/c1-6-9(7(2)3)10(11,12)8(4)5/h7-9,12H,6,11H2,1-5H3. The van der Waals surface area contributed by atoms with Gasteiger partial charge in [-0.1, -0.05) is 34.6 Å². The van der Waals surface area contributed by atoms with Gasteiger partial charge in [-0.05, 0) is 18.3 Å². The third-order valence-electron chi connectivity index (χ3n) is 2.76. The molecule has 3 N–H and O–H groups in total. The molecular formula is C10H23NO. The van der Waals surface area contributed by atoms with Crippen LogP contribution >= 0.6 is 0 Å². The predicted molar refractivity (Wildman–Crippen MR) is 52.6 cm³/mol. The van der Waals surface area contributed by atoms with Crippen molar-refractivity contribution < 1.29 is 5.11 Å². The molecule has 0 heterocycles. The molecule has 2 heteroatoms. The Kier molecular flexibility index (Phi) is 4.21. The zero-order valence-electron chi connectivity index (χ0n) is 8.96. The van der Waals surface area contributed by atoms with Crippen LogP contribution in [0.15, 0.2) is 0 Å². The van der Waals surface area contributed by atoms with E-state index in [2.05, 4.69) is 20.8 Å². The molecule has 0 aromatic heterocycles. The number of hydrogen-bond acceptors (Lipinski definition) is 2. The molecule has 2 unspecified atom stereocenters. The summed E-state index contributed by atoms with van der Waals surface area (Å²) in [4.78, 5) is 0. The highest BCUT2D eigenvalue weighted by Crippen LogP contribution is 2.29. The summed E-state index contributed by atoms with van der Waals surface area (Å²) in [5, 5.41) is 10.00. The van der Waals surface area contributed by atoms with E-state index >= 15 is 0 Å². The third-order valence-corrected chi connectivity index (χ3v) is 2.76. The minimum Gasteiger partial charge on any atom is -0.376 e. The lowest BCUT2D eigenvalue weighted by Gasteiger charge is -2.38. The van der Waals surface area contributed by atoms with Crippen LogP contribution in [0, 0.1) is 17.8 Å². The van der Waals surface area contributed by atoms with Crippen LogP contribution in [0.25, 0.3) is 0 Å². The van der Waals surface area contributed by atoms with Gasteiger partial charge in [0.2, 0.25) is 0 Å². The Bertz CT molecular complexity index is 130. The lowest BCUT2D eigenvalue weighted by molar-refractivity contribution is -0.0709. The van der Waals surface area contributed by atoms with Crippen LogP contribution in [-0.4, -0.2) is 10.8 Å². The molecule has 0 radical (unpaired) electrons. The molecule has 2 nitrogen and oxygen atoms in total. The van der Waals surface area contributed by atoms with Crippen molar-refractivity contribution in [3.8, 4) is 0 Å². The van der Waals surface area contributed by atoms with E-state index in [0.29, 0.717) is 5.92 Å². The largest absolute Gasteiger partial charge is 0.376 e. The lowest BCUT2D eigenvalue weighted by Crippen LogP contribution is -2.53. The Labute approximate surface area is 76.2 Å². The maximum absolute atomic E-state index is 10.00. The quantitative estimate of drug-likeness (QED) is 0.638. The van der Waals surface area contributed by atoms with Gasteiger partial charge in [0.1, 0.15) is 5.72 Å². The van der Waals surface area contributed by atoms with Crippen molar-refractivity contribution in [3.05, 3.63) is 0 Å². The number of rotatable bonds is 4. The summed E-state index contributed by atoms with van der Waals surface area (Å²) in [6, 6.07) is 0. The fourth-order valence-corrected chi connectivity index (χ4v) is 1.76. The first-order valence-corrected chi connectivity index (χ1v) is 4.85. The van der Waals surface area contributed by atoms with E-state index in [1.807, 2.05) is 13.8 Å². The Morgan fingerprint density at radius 2 is 1.67 bits per heavy atom. The average molecular weight is 173 g/mol. The molecule has 0 spiro atoms. The molecule has 0 rings (SSSR count). The van der Waals surface area contributed by atoms with Gasteiger partial charge in [0.15, 0.2) is 0 Å². The fraction of sp³-hybridized carbons (Fsp3) is 1.00. The first-order valence-electron chi connectivity index (χ1n) is 4.85. The Balaban J connectivity index is 4.47. The summed E-state index contributed by atoms with van der Waals surface area (Å²) in [5.41, 5.74) is 4.86. The molecule has 0 aliphatic rings. The summed E-state index contributed by atoms with van der Waals surface area (Å²) in [5.74, 6) is 0.745. The molecule has 0 saturated carbocycles. The molecule has 0 aliphatic heterocycles. The maximum Gasteiger partial charge on any atom is 0.118 e. The second kappa shape index (κ2) is 4.24. The minimum absolute atomic E-state index is 0.116. The first kappa shape index (κ1) is 11.9. The maximum atomic E-state index is 10.00. The Morgan fingerprint density at radius 1 is 1.25 bits per heavy atom. The van der Waals surface area contributed by atoms with Crippen molar-refractivity contribution in [2.24, 2.45) is 23.5 Å². The van der Waals surface area contributed by atoms with Crippen molar-refractivity contribution in [3.63, 3.8) is 0 Å². The molecule has 0 aliphatic carbocycles. The van der Waals surface area contributed by atoms with E-state index in [0.717, 1.165) is 6.42 Å². The van der Waals surface area contributed by atoms with Crippen molar-refractivity contribution in [2.75, 3.05) is 0 Å². The monoisotopic (exact) mass is 173 g/mol. The van der Waals surface area contributed by atoms with Gasteiger partial charge in [-0.3, -0.25) is 0 Å². The zero-order chi connectivity index (χ0) is 9.94. The van der Waals surface area contributed by atoms with Gasteiger partial charge in [-0.25, -0.2) is 0 Å². The Hall–Kier alpha value is -0.0800. The zero-order valence-corrected chi connectivity index (χ0v) is 8.96. The minimum atomic E-state index is -1.01. The van der Waals surface area contributed by atoms with Crippen LogP contribution in [0.4, 0.5) is 0 Å². The normalized spacial score (nSPS) is 19.8. The van der Waals surface area contributed by atoms with Crippen LogP contribution in [-0.2, 0) is 0 Å². The summed E-state index contributed by atoms with van der Waals surface area (Å²) in [6.45, 7) is 10.2. The van der Waals surface area contributed by atoms with Gasteiger partial charge in [0.25, 0.3) is 0 Å². The van der Waals surface area contributed by atoms with E-state index in [-0.39, 0.29) is 11.8 Å². The van der Waals surface area contributed by atoms with Crippen LogP contribution in [0.5, 0.6) is 0 Å². The van der Waals surface area contributed by atoms with Gasteiger partial charge >= 0.3 is 0 Å². The third kappa shape index (κ3) is 2.46. The molecule has 2 atom stereocenters. The van der Waals surface area contributed by atoms with Gasteiger partial charge in [-0.2, -0.15) is 0 Å². The van der Waals surface area contributed by atoms with E-state index in [1.165, 1.54) is 0 Å². The molecule has 0 amide bonds. The number of aliphatic hydroxyl groups is 1. The number of hydrogen-bond donors (Lipinski definition) is 2. The molecule has 0 bridgehead atoms. The second-order valence-electron chi connectivity index (χ2n) is 4.30. The van der Waals surface area contributed by atoms with E-state index in [9.17, 15) is 5.11 Å². The van der Waals surface area contributed by atoms with Crippen molar-refractivity contribution in [1.82, 2.24) is 0 Å². The average Bonchev–Trinajstić information content (AvgIpc) is 1.86. The topological polar surface area (TPSA) is 46.2 Å². The van der Waals surface area contributed by atoms with E-state index in [4.69, 9.17) is 5.73 Å². The summed E-state index contributed by atoms with van der Waals surface area (Å²) < 4.78 is 0.